The van der Waals surface area contributed by atoms with E-state index < -0.39 is 0 Å². The summed E-state index contributed by atoms with van der Waals surface area (Å²) in [6.07, 6.45) is 0. The van der Waals surface area contributed by atoms with Crippen LogP contribution >= 0.6 is 27.3 Å². The summed E-state index contributed by atoms with van der Waals surface area (Å²) in [4.78, 5) is 10.7. The van der Waals surface area contributed by atoms with Crippen molar-refractivity contribution in [1.82, 2.24) is 0 Å². The number of thiophene rings is 1. The molecule has 0 aliphatic carbocycles. The quantitative estimate of drug-likeness (QED) is 0.759. The highest BCUT2D eigenvalue weighted by Crippen LogP contribution is 2.14. The van der Waals surface area contributed by atoms with Gasteiger partial charge in [0.1, 0.15) is 0 Å². The fraction of sp³-hybridized carbons (Fsp3) is 0.167. The third kappa shape index (κ3) is 2.11. The van der Waals surface area contributed by atoms with Crippen molar-refractivity contribution >= 4 is 38.2 Å². The molecule has 1 aromatic rings. The van der Waals surface area contributed by atoms with Gasteiger partial charge in [0.15, 0.2) is 0 Å². The molecule has 1 rings (SSSR count). The molecule has 0 unspecified atom stereocenters. The van der Waals surface area contributed by atoms with Crippen molar-refractivity contribution in [2.24, 2.45) is 0 Å². The van der Waals surface area contributed by atoms with E-state index in [1.54, 1.807) is 0 Å². The van der Waals surface area contributed by atoms with Crippen molar-refractivity contribution in [3.8, 4) is 0 Å². The van der Waals surface area contributed by atoms with Crippen LogP contribution in [-0.2, 0) is 4.79 Å². The Balaban J connectivity index is 2.48. The van der Waals surface area contributed by atoms with Crippen molar-refractivity contribution in [2.45, 2.75) is 0 Å². The smallest absolute Gasteiger partial charge is 0.235 e. The van der Waals surface area contributed by atoms with Crippen LogP contribution in [0.3, 0.4) is 0 Å². The summed E-state index contributed by atoms with van der Waals surface area (Å²) in [5.74, 6) is -0.0116. The number of carbonyl (C=O) groups excluding carboxylic acids is 1. The van der Waals surface area contributed by atoms with Gasteiger partial charge in [0, 0.05) is 0 Å². The van der Waals surface area contributed by atoms with Gasteiger partial charge in [0.25, 0.3) is 0 Å². The van der Waals surface area contributed by atoms with E-state index >= 15 is 0 Å². The van der Waals surface area contributed by atoms with E-state index in [-0.39, 0.29) is 5.91 Å². The van der Waals surface area contributed by atoms with Crippen LogP contribution < -0.4 is 5.32 Å². The molecule has 4 heteroatoms. The van der Waals surface area contributed by atoms with Crippen LogP contribution in [-0.4, -0.2) is 11.2 Å². The SMILES string of the molecule is O=C(CBr)Nc1cccs1. The Bertz CT molecular complexity index is 210. The summed E-state index contributed by atoms with van der Waals surface area (Å²) in [7, 11) is 0. The highest BCUT2D eigenvalue weighted by atomic mass is 79.9. The normalized spacial score (nSPS) is 9.30. The molecule has 0 atom stereocenters. The van der Waals surface area contributed by atoms with E-state index in [1.807, 2.05) is 17.5 Å². The summed E-state index contributed by atoms with van der Waals surface area (Å²) in [6.45, 7) is 0. The van der Waals surface area contributed by atoms with Crippen molar-refractivity contribution < 1.29 is 4.79 Å². The lowest BCUT2D eigenvalue weighted by atomic mass is 10.6. The number of alkyl halides is 1. The molecule has 0 saturated heterocycles. The molecule has 10 heavy (non-hydrogen) atoms. The molecular formula is C6H6BrNOS. The van der Waals surface area contributed by atoms with E-state index in [9.17, 15) is 4.79 Å². The van der Waals surface area contributed by atoms with Crippen molar-refractivity contribution in [1.29, 1.82) is 0 Å². The predicted octanol–water partition coefficient (Wildman–Crippen LogP) is 2.08. The van der Waals surface area contributed by atoms with Crippen LogP contribution in [0.15, 0.2) is 17.5 Å². The Labute approximate surface area is 71.4 Å². The largest absolute Gasteiger partial charge is 0.317 e. The van der Waals surface area contributed by atoms with Gasteiger partial charge >= 0.3 is 0 Å². The van der Waals surface area contributed by atoms with Gasteiger partial charge in [0.2, 0.25) is 5.91 Å². The Hall–Kier alpha value is -0.350. The lowest BCUT2D eigenvalue weighted by Crippen LogP contribution is -2.10. The molecule has 0 bridgehead atoms. The topological polar surface area (TPSA) is 29.1 Å². The van der Waals surface area contributed by atoms with Crippen LogP contribution in [0.5, 0.6) is 0 Å². The third-order valence-corrected chi connectivity index (χ3v) is 2.20. The first kappa shape index (κ1) is 7.75. The summed E-state index contributed by atoms with van der Waals surface area (Å²) in [5, 5.41) is 5.87. The Morgan fingerprint density at radius 1 is 1.80 bits per heavy atom. The minimum Gasteiger partial charge on any atom is -0.317 e. The molecule has 1 amide bonds. The first-order chi connectivity index (χ1) is 4.83. The second kappa shape index (κ2) is 3.73. The molecule has 1 heterocycles. The number of anilines is 1. The minimum absolute atomic E-state index is 0.0116. The third-order valence-electron chi connectivity index (χ3n) is 0.905. The molecule has 0 saturated carbocycles. The van der Waals surface area contributed by atoms with Gasteiger partial charge in [-0.15, -0.1) is 11.3 Å². The van der Waals surface area contributed by atoms with E-state index in [4.69, 9.17) is 0 Å². The number of rotatable bonds is 2. The van der Waals surface area contributed by atoms with Crippen LogP contribution in [0, 0.1) is 0 Å². The highest BCUT2D eigenvalue weighted by Gasteiger charge is 1.97. The second-order valence-corrected chi connectivity index (χ2v) is 3.17. The molecule has 1 aromatic heterocycles. The maximum absolute atomic E-state index is 10.7. The molecule has 0 aromatic carbocycles. The first-order valence-electron chi connectivity index (χ1n) is 2.72. The van der Waals surface area contributed by atoms with Crippen molar-refractivity contribution in [3.05, 3.63) is 17.5 Å². The Kier molecular flexibility index (Phi) is 2.89. The standard InChI is InChI=1S/C6H6BrNOS/c7-4-5(9)8-6-2-1-3-10-6/h1-3H,4H2,(H,8,9). The average Bonchev–Trinajstić information content (AvgIpc) is 2.40. The number of nitrogens with one attached hydrogen (secondary N) is 1. The molecule has 54 valence electrons. The Morgan fingerprint density at radius 2 is 2.60 bits per heavy atom. The highest BCUT2D eigenvalue weighted by molar-refractivity contribution is 9.09. The average molecular weight is 220 g/mol. The number of amides is 1. The molecule has 0 aliphatic heterocycles. The van der Waals surface area contributed by atoms with Crippen molar-refractivity contribution in [2.75, 3.05) is 10.6 Å². The van der Waals surface area contributed by atoms with Crippen LogP contribution in [0.4, 0.5) is 5.00 Å². The number of halogens is 1. The zero-order valence-corrected chi connectivity index (χ0v) is 7.54. The van der Waals surface area contributed by atoms with E-state index in [1.165, 1.54) is 11.3 Å². The lowest BCUT2D eigenvalue weighted by molar-refractivity contribution is -0.113. The van der Waals surface area contributed by atoms with Crippen LogP contribution in [0.1, 0.15) is 0 Å². The molecule has 0 radical (unpaired) electrons. The molecule has 0 fully saturated rings. The van der Waals surface area contributed by atoms with E-state index in [2.05, 4.69) is 21.2 Å². The zero-order chi connectivity index (χ0) is 7.40. The number of carbonyl (C=O) groups is 1. The molecule has 0 aliphatic rings. The van der Waals surface area contributed by atoms with Gasteiger partial charge in [0.05, 0.1) is 10.3 Å². The Morgan fingerprint density at radius 3 is 3.10 bits per heavy atom. The lowest BCUT2D eigenvalue weighted by Gasteiger charge is -1.95. The maximum atomic E-state index is 10.7. The van der Waals surface area contributed by atoms with Crippen molar-refractivity contribution in [3.63, 3.8) is 0 Å². The summed E-state index contributed by atoms with van der Waals surface area (Å²) in [5.41, 5.74) is 0. The summed E-state index contributed by atoms with van der Waals surface area (Å²) < 4.78 is 0. The summed E-state index contributed by atoms with van der Waals surface area (Å²) in [6, 6.07) is 3.76. The van der Waals surface area contributed by atoms with Crippen LogP contribution in [0.25, 0.3) is 0 Å². The monoisotopic (exact) mass is 219 g/mol. The fourth-order valence-electron chi connectivity index (χ4n) is 0.521. The minimum atomic E-state index is -0.0116. The van der Waals surface area contributed by atoms with Gasteiger partial charge < -0.3 is 5.32 Å². The van der Waals surface area contributed by atoms with Gasteiger partial charge in [-0.1, -0.05) is 15.9 Å². The molecular weight excluding hydrogens is 214 g/mol. The van der Waals surface area contributed by atoms with E-state index in [0.717, 1.165) is 5.00 Å². The summed E-state index contributed by atoms with van der Waals surface area (Å²) >= 11 is 4.57. The van der Waals surface area contributed by atoms with Gasteiger partial charge in [-0.3, -0.25) is 4.79 Å². The van der Waals surface area contributed by atoms with Gasteiger partial charge in [-0.05, 0) is 17.5 Å². The maximum Gasteiger partial charge on any atom is 0.235 e. The molecule has 2 nitrogen and oxygen atoms in total. The second-order valence-electron chi connectivity index (χ2n) is 1.66. The molecule has 0 spiro atoms. The number of hydrogen-bond acceptors (Lipinski definition) is 2. The first-order valence-corrected chi connectivity index (χ1v) is 4.72. The fourth-order valence-corrected chi connectivity index (χ4v) is 1.29. The van der Waals surface area contributed by atoms with E-state index in [0.29, 0.717) is 5.33 Å². The molecule has 1 N–H and O–H groups in total. The van der Waals surface area contributed by atoms with Crippen LogP contribution in [0.2, 0.25) is 0 Å². The van der Waals surface area contributed by atoms with Gasteiger partial charge in [-0.25, -0.2) is 0 Å². The predicted molar refractivity (Wildman–Crippen MR) is 46.7 cm³/mol. The zero-order valence-electron chi connectivity index (χ0n) is 5.13. The number of hydrogen-bond donors (Lipinski definition) is 1. The van der Waals surface area contributed by atoms with Gasteiger partial charge in [-0.2, -0.15) is 0 Å².